The average Bonchev–Trinajstić information content (AvgIpc) is 4.26. The molecule has 4 amide bonds. The topological polar surface area (TPSA) is 321 Å². The van der Waals surface area contributed by atoms with E-state index in [1.807, 2.05) is 12.1 Å². The summed E-state index contributed by atoms with van der Waals surface area (Å²) in [7, 11) is -4.45. The average molecular weight is 992 g/mol. The predicted molar refractivity (Wildman–Crippen MR) is 250 cm³/mol. The van der Waals surface area contributed by atoms with Gasteiger partial charge in [-0.2, -0.15) is 20.7 Å². The standard InChI is InChI=1S/C26H27N7O5S.C20H22N6O4S/c1-32-23-20(22(30-32)24(35)28-14-18-7-5-17(13-27)6-8-18)9-12-33(25(23)36)16-26(10-11-26)39(37,38)31-21-4-2-3-19(15-34)29-21;1-25-17-15(6-9-26(19(17)28)12-20(7-8-20)31(22,29)30)16(24-25)18(27)23-11-14-4-2-13(10-21)3-5-14/h2-8,34H,9-12,14-16H2,1H3,(H,28,35)(H,29,31);2-5H,6-9,11-12H2,1H3,(H,23,27)(H2,22,29,30). The third-order valence-electron chi connectivity index (χ3n) is 13.0. The van der Waals surface area contributed by atoms with Gasteiger partial charge in [0.1, 0.15) is 26.7 Å². The summed E-state index contributed by atoms with van der Waals surface area (Å²) in [6.07, 6.45) is 2.43. The summed E-state index contributed by atoms with van der Waals surface area (Å²) in [6, 6.07) is 22.5. The minimum atomic E-state index is -3.88. The molecule has 0 radical (unpaired) electrons. The number of rotatable bonds is 15. The molecule has 0 saturated heterocycles. The molecule has 0 bridgehead atoms. The molecule has 2 fully saturated rings. The van der Waals surface area contributed by atoms with Gasteiger partial charge < -0.3 is 25.5 Å². The summed E-state index contributed by atoms with van der Waals surface area (Å²) in [5, 5.41) is 46.6. The lowest BCUT2D eigenvalue weighted by atomic mass is 10.0. The van der Waals surface area contributed by atoms with E-state index < -0.39 is 41.4 Å². The highest BCUT2D eigenvalue weighted by Gasteiger charge is 2.57. The van der Waals surface area contributed by atoms with Crippen molar-refractivity contribution in [1.29, 1.82) is 10.5 Å². The lowest BCUT2D eigenvalue weighted by Gasteiger charge is -2.31. The van der Waals surface area contributed by atoms with Crippen molar-refractivity contribution >= 4 is 49.5 Å². The molecule has 0 spiro atoms. The molecule has 24 heteroatoms. The van der Waals surface area contributed by atoms with Gasteiger partial charge in [-0.3, -0.25) is 33.3 Å². The van der Waals surface area contributed by atoms with Crippen molar-refractivity contribution in [2.45, 2.75) is 67.7 Å². The third kappa shape index (κ3) is 9.84. The van der Waals surface area contributed by atoms with E-state index in [0.29, 0.717) is 78.7 Å². The first-order valence-corrected chi connectivity index (χ1v) is 25.2. The maximum atomic E-state index is 13.4. The van der Waals surface area contributed by atoms with Gasteiger partial charge in [-0.25, -0.2) is 27.0 Å². The van der Waals surface area contributed by atoms with Crippen LogP contribution in [0.3, 0.4) is 0 Å². The fourth-order valence-electron chi connectivity index (χ4n) is 8.62. The van der Waals surface area contributed by atoms with E-state index in [9.17, 15) is 41.1 Å². The molecule has 0 unspecified atom stereocenters. The molecule has 2 saturated carbocycles. The van der Waals surface area contributed by atoms with Crippen molar-refractivity contribution in [3.05, 3.63) is 129 Å². The van der Waals surface area contributed by atoms with E-state index >= 15 is 0 Å². The Morgan fingerprint density at radius 1 is 0.714 bits per heavy atom. The van der Waals surface area contributed by atoms with Crippen LogP contribution in [0.5, 0.6) is 0 Å². The van der Waals surface area contributed by atoms with Crippen LogP contribution in [0, 0.1) is 22.7 Å². The number of hydrogen-bond donors (Lipinski definition) is 5. The van der Waals surface area contributed by atoms with Gasteiger partial charge in [0.15, 0.2) is 11.4 Å². The van der Waals surface area contributed by atoms with Crippen LogP contribution in [0.25, 0.3) is 0 Å². The maximum absolute atomic E-state index is 13.4. The van der Waals surface area contributed by atoms with Crippen molar-refractivity contribution in [3.8, 4) is 12.1 Å². The number of benzene rings is 2. The number of aryl methyl sites for hydroxylation is 2. The molecule has 4 aliphatic rings. The fourth-order valence-corrected chi connectivity index (χ4v) is 11.2. The van der Waals surface area contributed by atoms with Crippen LogP contribution in [0.15, 0.2) is 66.7 Å². The van der Waals surface area contributed by atoms with Crippen molar-refractivity contribution in [2.24, 2.45) is 19.2 Å². The second-order valence-corrected chi connectivity index (χ2v) is 21.8. The molecule has 9 rings (SSSR count). The fraction of sp³-hybridized carbons (Fsp3) is 0.370. The normalized spacial score (nSPS) is 16.4. The van der Waals surface area contributed by atoms with Crippen LogP contribution in [0.1, 0.15) is 107 Å². The van der Waals surface area contributed by atoms with Crippen LogP contribution in [-0.2, 0) is 66.7 Å². The summed E-state index contributed by atoms with van der Waals surface area (Å²) in [6.45, 7) is 0.784. The number of pyridine rings is 1. The van der Waals surface area contributed by atoms with Crippen LogP contribution < -0.4 is 20.5 Å². The number of aliphatic hydroxyl groups is 1. The quantitative estimate of drug-likeness (QED) is 0.0982. The van der Waals surface area contributed by atoms with Gasteiger partial charge in [0.05, 0.1) is 35.6 Å². The van der Waals surface area contributed by atoms with Crippen LogP contribution in [-0.4, -0.2) is 116 Å². The van der Waals surface area contributed by atoms with Crippen molar-refractivity contribution < 1.29 is 41.1 Å². The van der Waals surface area contributed by atoms with Crippen LogP contribution in [0.2, 0.25) is 0 Å². The molecule has 364 valence electrons. The molecular formula is C46H49N13O9S2. The van der Waals surface area contributed by atoms with Gasteiger partial charge in [-0.15, -0.1) is 0 Å². The Morgan fingerprint density at radius 2 is 1.16 bits per heavy atom. The molecule has 22 nitrogen and oxygen atoms in total. The van der Waals surface area contributed by atoms with E-state index in [4.69, 9.17) is 15.7 Å². The van der Waals surface area contributed by atoms with E-state index in [-0.39, 0.29) is 74.0 Å². The Morgan fingerprint density at radius 3 is 1.56 bits per heavy atom. The molecule has 2 aliphatic heterocycles. The van der Waals surface area contributed by atoms with Gasteiger partial charge in [-0.1, -0.05) is 30.3 Å². The number of carbonyl (C=O) groups excluding carboxylic acids is 4. The lowest BCUT2D eigenvalue weighted by Crippen LogP contribution is -2.47. The first kappa shape index (κ1) is 48.9. The summed E-state index contributed by atoms with van der Waals surface area (Å²) in [4.78, 5) is 59.2. The number of sulfonamides is 2. The van der Waals surface area contributed by atoms with Gasteiger partial charge in [0, 0.05) is 64.5 Å². The SMILES string of the molecule is Cn1nc(C(=O)NCc2ccc(C#N)cc2)c2c1C(=O)N(CC1(S(=O)(=O)Nc3cccc(CO)n3)CC1)CC2.Cn1nc(C(=O)NCc2ccc(C#N)cc2)c2c1C(=O)N(CC1(S(N)(=O)=O)CC1)CC2. The number of aromatic nitrogens is 5. The van der Waals surface area contributed by atoms with Gasteiger partial charge in [0.2, 0.25) is 20.0 Å². The van der Waals surface area contributed by atoms with Gasteiger partial charge in [-0.05, 0) is 86.1 Å². The second-order valence-electron chi connectivity index (χ2n) is 17.7. The number of primary sulfonamides is 1. The van der Waals surface area contributed by atoms with Crippen molar-refractivity contribution in [1.82, 2.24) is 45.0 Å². The number of nitrogens with two attached hydrogens (primary N) is 1. The first-order valence-electron chi connectivity index (χ1n) is 22.2. The zero-order valence-electron chi connectivity index (χ0n) is 38.2. The minimum Gasteiger partial charge on any atom is -0.390 e. The van der Waals surface area contributed by atoms with E-state index in [1.165, 1.54) is 25.2 Å². The molecule has 5 heterocycles. The van der Waals surface area contributed by atoms with E-state index in [2.05, 4.69) is 30.5 Å². The highest BCUT2D eigenvalue weighted by molar-refractivity contribution is 7.94. The monoisotopic (exact) mass is 991 g/mol. The summed E-state index contributed by atoms with van der Waals surface area (Å²) in [5.74, 6) is -1.42. The number of aliphatic hydroxyl groups excluding tert-OH is 1. The Bertz CT molecular complexity index is 3220. The summed E-state index contributed by atoms with van der Waals surface area (Å²) >= 11 is 0. The predicted octanol–water partition coefficient (Wildman–Crippen LogP) is 1.12. The Balaban J connectivity index is 0.000000193. The zero-order valence-corrected chi connectivity index (χ0v) is 39.8. The second kappa shape index (κ2) is 19.1. The number of nitriles is 2. The van der Waals surface area contributed by atoms with Gasteiger partial charge in [0.25, 0.3) is 23.6 Å². The lowest BCUT2D eigenvalue weighted by molar-refractivity contribution is 0.0716. The smallest absolute Gasteiger partial charge is 0.272 e. The number of fused-ring (bicyclic) bond motifs is 2. The van der Waals surface area contributed by atoms with E-state index in [1.54, 1.807) is 74.8 Å². The zero-order chi connectivity index (χ0) is 50.2. The molecule has 6 N–H and O–H groups in total. The number of hydrogen-bond acceptors (Lipinski definition) is 14. The number of anilines is 1. The summed E-state index contributed by atoms with van der Waals surface area (Å²) in [5.41, 5.74) is 5.05. The molecule has 2 aliphatic carbocycles. The van der Waals surface area contributed by atoms with Gasteiger partial charge >= 0.3 is 0 Å². The highest BCUT2D eigenvalue weighted by atomic mass is 32.2. The highest BCUT2D eigenvalue weighted by Crippen LogP contribution is 2.46. The molecule has 0 atom stereocenters. The number of nitrogens with zero attached hydrogens (tertiary/aromatic N) is 9. The van der Waals surface area contributed by atoms with Crippen LogP contribution >= 0.6 is 0 Å². The third-order valence-corrected chi connectivity index (χ3v) is 16.9. The first-order chi connectivity index (χ1) is 33.3. The number of nitrogens with one attached hydrogen (secondary N) is 3. The Labute approximate surface area is 403 Å². The van der Waals surface area contributed by atoms with Crippen molar-refractivity contribution in [2.75, 3.05) is 30.9 Å². The Kier molecular flexibility index (Phi) is 13.4. The maximum Gasteiger partial charge on any atom is 0.272 e. The molecule has 2 aromatic carbocycles. The molecule has 3 aromatic heterocycles. The minimum absolute atomic E-state index is 0.00565. The Hall–Kier alpha value is -7.51. The number of carbonyl (C=O) groups is 4. The number of amides is 4. The largest absolute Gasteiger partial charge is 0.390 e. The van der Waals surface area contributed by atoms with Crippen LogP contribution in [0.4, 0.5) is 5.82 Å². The summed E-state index contributed by atoms with van der Waals surface area (Å²) < 4.78 is 53.3. The molecule has 5 aromatic rings. The molecular weight excluding hydrogens is 943 g/mol. The van der Waals surface area contributed by atoms with Crippen molar-refractivity contribution in [3.63, 3.8) is 0 Å². The molecule has 70 heavy (non-hydrogen) atoms. The van der Waals surface area contributed by atoms with E-state index in [0.717, 1.165) is 11.1 Å².